The van der Waals surface area contributed by atoms with Gasteiger partial charge in [0.1, 0.15) is 0 Å². The van der Waals surface area contributed by atoms with Gasteiger partial charge in [0.15, 0.2) is 0 Å². The van der Waals surface area contributed by atoms with E-state index in [4.69, 9.17) is 4.74 Å². The summed E-state index contributed by atoms with van der Waals surface area (Å²) in [7, 11) is 0. The third kappa shape index (κ3) is 48.1. The Morgan fingerprint density at radius 3 is 1.19 bits per heavy atom. The third-order valence-corrected chi connectivity index (χ3v) is 13.1. The highest BCUT2D eigenvalue weighted by Crippen LogP contribution is 2.17. The number of carbonyl (C=O) groups is 2. The Kier molecular flexibility index (Phi) is 51.0. The molecule has 0 rings (SSSR count). The van der Waals surface area contributed by atoms with Crippen LogP contribution in [0.2, 0.25) is 0 Å². The van der Waals surface area contributed by atoms with E-state index in [1.807, 2.05) is 0 Å². The van der Waals surface area contributed by atoms with E-state index in [0.717, 1.165) is 44.9 Å². The Morgan fingerprint density at radius 2 is 0.774 bits per heavy atom. The van der Waals surface area contributed by atoms with Gasteiger partial charge in [-0.05, 0) is 44.9 Å². The number of esters is 1. The summed E-state index contributed by atoms with van der Waals surface area (Å²) in [6.07, 6.45) is 60.5. The Balaban J connectivity index is 3.41. The van der Waals surface area contributed by atoms with Crippen molar-refractivity contribution in [3.05, 3.63) is 12.2 Å². The number of hydrogen-bond donors (Lipinski definition) is 3. The van der Waals surface area contributed by atoms with Crippen LogP contribution < -0.4 is 5.32 Å². The molecule has 0 aromatic rings. The van der Waals surface area contributed by atoms with Gasteiger partial charge in [-0.25, -0.2) is 0 Å². The molecule has 3 N–H and O–H groups in total. The number of carbonyl (C=O) groups excluding carboxylic acids is 2. The predicted molar refractivity (Wildman–Crippen MR) is 269 cm³/mol. The first kappa shape index (κ1) is 60.6. The van der Waals surface area contributed by atoms with Crippen molar-refractivity contribution in [1.82, 2.24) is 5.32 Å². The average Bonchev–Trinajstić information content (AvgIpc) is 3.27. The first-order chi connectivity index (χ1) is 30.5. The maximum absolute atomic E-state index is 12.5. The van der Waals surface area contributed by atoms with Crippen molar-refractivity contribution in [2.45, 2.75) is 321 Å². The van der Waals surface area contributed by atoms with E-state index in [9.17, 15) is 19.8 Å². The van der Waals surface area contributed by atoms with Gasteiger partial charge in [0.25, 0.3) is 0 Å². The molecule has 0 bridgehead atoms. The van der Waals surface area contributed by atoms with Gasteiger partial charge in [0.05, 0.1) is 25.4 Å². The van der Waals surface area contributed by atoms with Crippen molar-refractivity contribution in [2.24, 2.45) is 0 Å². The molecule has 0 aliphatic carbocycles. The summed E-state index contributed by atoms with van der Waals surface area (Å²) in [6, 6.07) is -0.544. The Morgan fingerprint density at radius 1 is 0.435 bits per heavy atom. The second kappa shape index (κ2) is 52.2. The summed E-state index contributed by atoms with van der Waals surface area (Å²) in [5.41, 5.74) is 0. The zero-order chi connectivity index (χ0) is 45.1. The molecular weight excluding hydrogens is 767 g/mol. The zero-order valence-corrected chi connectivity index (χ0v) is 41.9. The highest BCUT2D eigenvalue weighted by molar-refractivity contribution is 5.76. The van der Waals surface area contributed by atoms with E-state index < -0.39 is 12.1 Å². The van der Waals surface area contributed by atoms with E-state index in [2.05, 4.69) is 31.3 Å². The van der Waals surface area contributed by atoms with E-state index in [1.54, 1.807) is 0 Å². The van der Waals surface area contributed by atoms with Gasteiger partial charge in [0.2, 0.25) is 5.91 Å². The number of nitrogens with one attached hydrogen (secondary N) is 1. The maximum atomic E-state index is 12.5. The van der Waals surface area contributed by atoms with Crippen molar-refractivity contribution in [1.29, 1.82) is 0 Å². The van der Waals surface area contributed by atoms with E-state index in [-0.39, 0.29) is 18.5 Å². The largest absolute Gasteiger partial charge is 0.466 e. The van der Waals surface area contributed by atoms with Crippen LogP contribution in [0.5, 0.6) is 0 Å². The smallest absolute Gasteiger partial charge is 0.305 e. The van der Waals surface area contributed by atoms with Crippen molar-refractivity contribution < 1.29 is 24.5 Å². The van der Waals surface area contributed by atoms with Gasteiger partial charge in [0, 0.05) is 12.8 Å². The summed E-state index contributed by atoms with van der Waals surface area (Å²) in [4.78, 5) is 24.4. The van der Waals surface area contributed by atoms with Crippen molar-refractivity contribution in [3.63, 3.8) is 0 Å². The molecule has 0 saturated carbocycles. The molecule has 368 valence electrons. The van der Waals surface area contributed by atoms with Gasteiger partial charge >= 0.3 is 5.97 Å². The molecule has 0 fully saturated rings. The Bertz CT molecular complexity index is 924. The molecule has 2 atom stereocenters. The molecule has 0 spiro atoms. The van der Waals surface area contributed by atoms with E-state index >= 15 is 0 Å². The van der Waals surface area contributed by atoms with E-state index in [1.165, 1.54) is 231 Å². The van der Waals surface area contributed by atoms with Gasteiger partial charge in [-0.2, -0.15) is 0 Å². The van der Waals surface area contributed by atoms with Crippen molar-refractivity contribution in [3.8, 4) is 0 Å². The minimum absolute atomic E-state index is 0.00334. The monoisotopic (exact) mass is 876 g/mol. The van der Waals surface area contributed by atoms with Crippen molar-refractivity contribution in [2.75, 3.05) is 13.2 Å². The number of aliphatic hydroxyl groups is 2. The summed E-state index contributed by atoms with van der Waals surface area (Å²) < 4.78 is 5.45. The lowest BCUT2D eigenvalue weighted by Crippen LogP contribution is -2.45. The standard InChI is InChI=1S/C56H109NO5/c1-3-5-7-9-11-13-15-16-17-22-25-29-32-36-40-44-48-54(59)53(52-58)57-55(60)49-45-41-37-33-30-26-23-20-18-19-21-24-27-31-35-39-43-47-51-62-56(61)50-46-42-38-34-28-14-12-10-8-6-4-2/h10,12,53-54,58-59H,3-9,11,13-52H2,1-2H3,(H,57,60)/b12-10-. The minimum atomic E-state index is -0.666. The third-order valence-electron chi connectivity index (χ3n) is 13.1. The molecule has 1 amide bonds. The molecule has 0 aliphatic heterocycles. The fraction of sp³-hybridized carbons (Fsp3) is 0.929. The van der Waals surface area contributed by atoms with Gasteiger partial charge < -0.3 is 20.3 Å². The van der Waals surface area contributed by atoms with E-state index in [0.29, 0.717) is 25.9 Å². The number of amides is 1. The molecule has 6 nitrogen and oxygen atoms in total. The van der Waals surface area contributed by atoms with Crippen LogP contribution >= 0.6 is 0 Å². The molecule has 0 heterocycles. The lowest BCUT2D eigenvalue weighted by Gasteiger charge is -2.22. The molecule has 0 saturated heterocycles. The first-order valence-electron chi connectivity index (χ1n) is 27.9. The first-order valence-corrected chi connectivity index (χ1v) is 27.9. The SMILES string of the molecule is CCCC/C=C\CCCCCCCC(=O)OCCCCCCCCCCCCCCCCCCCCC(=O)NC(CO)C(O)CCCCCCCCCCCCCCCCCC. The molecule has 62 heavy (non-hydrogen) atoms. The Hall–Kier alpha value is -1.40. The molecule has 0 aromatic heterocycles. The van der Waals surface area contributed by atoms with Crippen LogP contribution in [-0.4, -0.2) is 47.4 Å². The highest BCUT2D eigenvalue weighted by atomic mass is 16.5. The number of hydrogen-bond acceptors (Lipinski definition) is 5. The number of aliphatic hydroxyl groups excluding tert-OH is 2. The lowest BCUT2D eigenvalue weighted by atomic mass is 10.0. The summed E-state index contributed by atoms with van der Waals surface area (Å²) >= 11 is 0. The summed E-state index contributed by atoms with van der Waals surface area (Å²) in [5.74, 6) is -0.0405. The summed E-state index contributed by atoms with van der Waals surface area (Å²) in [5, 5.41) is 23.3. The second-order valence-corrected chi connectivity index (χ2v) is 19.3. The second-order valence-electron chi connectivity index (χ2n) is 19.3. The Labute approximate surface area is 387 Å². The number of unbranched alkanes of at least 4 members (excludes halogenated alkanes) is 39. The average molecular weight is 876 g/mol. The predicted octanol–water partition coefficient (Wildman–Crippen LogP) is 16.9. The highest BCUT2D eigenvalue weighted by Gasteiger charge is 2.20. The zero-order valence-electron chi connectivity index (χ0n) is 41.9. The van der Waals surface area contributed by atoms with Crippen LogP contribution in [-0.2, 0) is 14.3 Å². The molecule has 0 aromatic carbocycles. The minimum Gasteiger partial charge on any atom is -0.466 e. The van der Waals surface area contributed by atoms with Crippen LogP contribution in [0, 0.1) is 0 Å². The lowest BCUT2D eigenvalue weighted by molar-refractivity contribution is -0.143. The van der Waals surface area contributed by atoms with Gasteiger partial charge in [-0.15, -0.1) is 0 Å². The fourth-order valence-corrected chi connectivity index (χ4v) is 8.74. The van der Waals surface area contributed by atoms with Crippen LogP contribution in [0.1, 0.15) is 309 Å². The quantitative estimate of drug-likeness (QED) is 0.0321. The number of ether oxygens (including phenoxy) is 1. The molecule has 0 aliphatic rings. The van der Waals surface area contributed by atoms with Gasteiger partial charge in [-0.3, -0.25) is 9.59 Å². The molecule has 6 heteroatoms. The molecule has 2 unspecified atom stereocenters. The topological polar surface area (TPSA) is 95.9 Å². The molecule has 0 radical (unpaired) electrons. The number of rotatable bonds is 52. The van der Waals surface area contributed by atoms with Gasteiger partial charge in [-0.1, -0.05) is 264 Å². The summed E-state index contributed by atoms with van der Waals surface area (Å²) in [6.45, 7) is 4.92. The van der Waals surface area contributed by atoms with Crippen molar-refractivity contribution >= 4 is 11.9 Å². The van der Waals surface area contributed by atoms with Crippen LogP contribution in [0.25, 0.3) is 0 Å². The van der Waals surface area contributed by atoms with Crippen LogP contribution in [0.4, 0.5) is 0 Å². The maximum Gasteiger partial charge on any atom is 0.305 e. The molecular formula is C56H109NO5. The fourth-order valence-electron chi connectivity index (χ4n) is 8.74. The normalized spacial score (nSPS) is 12.6. The van der Waals surface area contributed by atoms with Crippen LogP contribution in [0.3, 0.4) is 0 Å². The number of allylic oxidation sites excluding steroid dienone is 2. The van der Waals surface area contributed by atoms with Crippen LogP contribution in [0.15, 0.2) is 12.2 Å².